The van der Waals surface area contributed by atoms with E-state index in [0.717, 1.165) is 25.9 Å². The highest BCUT2D eigenvalue weighted by atomic mass is 35.5. The van der Waals surface area contributed by atoms with Gasteiger partial charge in [-0.1, -0.05) is 23.2 Å². The van der Waals surface area contributed by atoms with Gasteiger partial charge in [-0.3, -0.25) is 9.59 Å². The number of piperidine rings is 1. The molecule has 0 radical (unpaired) electrons. The molecule has 1 aromatic carbocycles. The molecule has 0 unspecified atom stereocenters. The molecule has 2 aliphatic heterocycles. The molecule has 1 atom stereocenters. The van der Waals surface area contributed by atoms with Crippen molar-refractivity contribution in [2.24, 2.45) is 0 Å². The number of halogens is 2. The Bertz CT molecular complexity index is 977. The number of nitrogen functional groups attached to an aromatic ring is 1. The molecular weight excluding hydrogens is 415 g/mol. The first kappa shape index (κ1) is 19.7. The number of carbonyl (C=O) groups is 2. The van der Waals surface area contributed by atoms with Gasteiger partial charge in [-0.05, 0) is 37.5 Å². The van der Waals surface area contributed by atoms with Crippen molar-refractivity contribution < 1.29 is 9.59 Å². The molecule has 10 heteroatoms. The lowest BCUT2D eigenvalue weighted by Gasteiger charge is -2.30. The van der Waals surface area contributed by atoms with E-state index in [2.05, 4.69) is 20.6 Å². The van der Waals surface area contributed by atoms with Crippen LogP contribution in [0.5, 0.6) is 0 Å². The van der Waals surface area contributed by atoms with Crippen LogP contribution in [0.3, 0.4) is 0 Å². The van der Waals surface area contributed by atoms with Gasteiger partial charge in [0.1, 0.15) is 11.6 Å². The maximum Gasteiger partial charge on any atom is 0.232 e. The Hall–Kier alpha value is -2.58. The van der Waals surface area contributed by atoms with E-state index >= 15 is 0 Å². The standard InChI is InChI=1S/C19H20Cl2N6O2/c20-10-4-5-12(21)13(8-10)23-18(29)11-9-14(28)24-17-15(11)16(22)25-19(26-17)27-6-2-1-3-7-27/h4-5,8,11H,1-3,6-7,9H2,(H,23,29)(H3,22,24,25,26,28)/t11-/m1/s1. The molecular formula is C19H20Cl2N6O2. The first-order valence-corrected chi connectivity index (χ1v) is 10.2. The summed E-state index contributed by atoms with van der Waals surface area (Å²) >= 11 is 12.1. The number of anilines is 4. The van der Waals surface area contributed by atoms with Crippen LogP contribution < -0.4 is 21.3 Å². The second-order valence-corrected chi connectivity index (χ2v) is 7.98. The van der Waals surface area contributed by atoms with Gasteiger partial charge in [-0.2, -0.15) is 9.97 Å². The van der Waals surface area contributed by atoms with Crippen LogP contribution in [0.4, 0.5) is 23.3 Å². The van der Waals surface area contributed by atoms with Gasteiger partial charge in [-0.25, -0.2) is 0 Å². The number of nitrogens with zero attached hydrogens (tertiary/aromatic N) is 3. The van der Waals surface area contributed by atoms with Crippen LogP contribution in [0, 0.1) is 0 Å². The first-order chi connectivity index (χ1) is 13.9. The fourth-order valence-electron chi connectivity index (χ4n) is 3.66. The third-order valence-electron chi connectivity index (χ3n) is 5.10. The number of nitrogens with one attached hydrogen (secondary N) is 2. The largest absolute Gasteiger partial charge is 0.383 e. The predicted molar refractivity (Wildman–Crippen MR) is 114 cm³/mol. The number of carbonyl (C=O) groups excluding carboxylic acids is 2. The second-order valence-electron chi connectivity index (χ2n) is 7.14. The summed E-state index contributed by atoms with van der Waals surface area (Å²) < 4.78 is 0. The van der Waals surface area contributed by atoms with Crippen LogP contribution in [0.15, 0.2) is 18.2 Å². The molecule has 0 aliphatic carbocycles. The highest BCUT2D eigenvalue weighted by Gasteiger charge is 2.35. The molecule has 8 nitrogen and oxygen atoms in total. The molecule has 3 heterocycles. The number of hydrogen-bond acceptors (Lipinski definition) is 6. The molecule has 0 bridgehead atoms. The molecule has 4 rings (SSSR count). The van der Waals surface area contributed by atoms with E-state index in [-0.39, 0.29) is 24.0 Å². The van der Waals surface area contributed by atoms with Gasteiger partial charge in [0, 0.05) is 24.5 Å². The number of hydrogen-bond donors (Lipinski definition) is 3. The van der Waals surface area contributed by atoms with E-state index in [1.807, 2.05) is 4.90 Å². The third-order valence-corrected chi connectivity index (χ3v) is 5.67. The summed E-state index contributed by atoms with van der Waals surface area (Å²) in [5, 5.41) is 6.23. The van der Waals surface area contributed by atoms with E-state index in [1.54, 1.807) is 18.2 Å². The van der Waals surface area contributed by atoms with Gasteiger partial charge in [-0.15, -0.1) is 0 Å². The van der Waals surface area contributed by atoms with E-state index in [9.17, 15) is 9.59 Å². The van der Waals surface area contributed by atoms with Gasteiger partial charge in [0.05, 0.1) is 22.2 Å². The van der Waals surface area contributed by atoms with E-state index < -0.39 is 11.8 Å². The molecule has 2 aromatic rings. The van der Waals surface area contributed by atoms with Crippen molar-refractivity contribution >= 4 is 58.3 Å². The zero-order valence-corrected chi connectivity index (χ0v) is 17.1. The van der Waals surface area contributed by atoms with Crippen LogP contribution in [0.2, 0.25) is 10.0 Å². The Labute approximate surface area is 177 Å². The second kappa shape index (κ2) is 8.04. The lowest BCUT2D eigenvalue weighted by molar-refractivity contribution is -0.123. The van der Waals surface area contributed by atoms with Crippen molar-refractivity contribution in [2.45, 2.75) is 31.6 Å². The highest BCUT2D eigenvalue weighted by molar-refractivity contribution is 6.35. The summed E-state index contributed by atoms with van der Waals surface area (Å²) in [6.45, 7) is 1.67. The van der Waals surface area contributed by atoms with Crippen molar-refractivity contribution in [2.75, 3.05) is 34.4 Å². The minimum absolute atomic E-state index is 0.0619. The van der Waals surface area contributed by atoms with Crippen LogP contribution in [-0.4, -0.2) is 34.9 Å². The summed E-state index contributed by atoms with van der Waals surface area (Å²) in [7, 11) is 0. The Morgan fingerprint density at radius 2 is 1.97 bits per heavy atom. The maximum absolute atomic E-state index is 13.0. The fraction of sp³-hybridized carbons (Fsp3) is 0.368. The minimum Gasteiger partial charge on any atom is -0.383 e. The summed E-state index contributed by atoms with van der Waals surface area (Å²) in [5.41, 5.74) is 6.99. The van der Waals surface area contributed by atoms with E-state index in [1.165, 1.54) is 6.42 Å². The van der Waals surface area contributed by atoms with Crippen molar-refractivity contribution in [3.05, 3.63) is 33.8 Å². The molecule has 0 spiro atoms. The molecule has 1 aromatic heterocycles. The van der Waals surface area contributed by atoms with Crippen molar-refractivity contribution in [3.63, 3.8) is 0 Å². The molecule has 2 aliphatic rings. The Morgan fingerprint density at radius 1 is 1.21 bits per heavy atom. The number of amides is 2. The van der Waals surface area contributed by atoms with Gasteiger partial charge in [0.2, 0.25) is 17.8 Å². The smallest absolute Gasteiger partial charge is 0.232 e. The number of fused-ring (bicyclic) bond motifs is 1. The van der Waals surface area contributed by atoms with Gasteiger partial charge >= 0.3 is 0 Å². The topological polar surface area (TPSA) is 113 Å². The fourth-order valence-corrected chi connectivity index (χ4v) is 3.99. The summed E-state index contributed by atoms with van der Waals surface area (Å²) in [4.78, 5) is 36.2. The number of aromatic nitrogens is 2. The molecule has 1 saturated heterocycles. The zero-order valence-electron chi connectivity index (χ0n) is 15.5. The normalized spacial score (nSPS) is 18.8. The molecule has 2 amide bonds. The van der Waals surface area contributed by atoms with Crippen molar-refractivity contribution in [3.8, 4) is 0 Å². The molecule has 152 valence electrons. The van der Waals surface area contributed by atoms with Gasteiger partial charge < -0.3 is 21.3 Å². The minimum atomic E-state index is -0.829. The van der Waals surface area contributed by atoms with Crippen LogP contribution in [0.1, 0.15) is 37.2 Å². The Kier molecular flexibility index (Phi) is 5.47. The quantitative estimate of drug-likeness (QED) is 0.681. The highest BCUT2D eigenvalue weighted by Crippen LogP contribution is 2.37. The zero-order chi connectivity index (χ0) is 20.5. The monoisotopic (exact) mass is 434 g/mol. The average molecular weight is 435 g/mol. The first-order valence-electron chi connectivity index (χ1n) is 9.40. The number of nitrogens with two attached hydrogens (primary N) is 1. The molecule has 29 heavy (non-hydrogen) atoms. The SMILES string of the molecule is Nc1nc(N2CCCCC2)nc2c1[C@H](C(=O)Nc1cc(Cl)ccc1Cl)CC(=O)N2. The van der Waals surface area contributed by atoms with E-state index in [0.29, 0.717) is 27.2 Å². The third kappa shape index (κ3) is 4.09. The number of rotatable bonds is 3. The number of benzene rings is 1. The Balaban J connectivity index is 1.65. The summed E-state index contributed by atoms with van der Waals surface area (Å²) in [5.74, 6) is -0.618. The lowest BCUT2D eigenvalue weighted by Crippen LogP contribution is -2.35. The van der Waals surface area contributed by atoms with E-state index in [4.69, 9.17) is 28.9 Å². The molecule has 0 saturated carbocycles. The van der Waals surface area contributed by atoms with Crippen molar-refractivity contribution in [1.82, 2.24) is 9.97 Å². The predicted octanol–water partition coefficient (Wildman–Crippen LogP) is 3.42. The van der Waals surface area contributed by atoms with Gasteiger partial charge in [0.25, 0.3) is 0 Å². The lowest BCUT2D eigenvalue weighted by atomic mass is 9.92. The van der Waals surface area contributed by atoms with Crippen molar-refractivity contribution in [1.29, 1.82) is 0 Å². The molecule has 1 fully saturated rings. The average Bonchev–Trinajstić information content (AvgIpc) is 2.70. The molecule has 4 N–H and O–H groups in total. The maximum atomic E-state index is 13.0. The summed E-state index contributed by atoms with van der Waals surface area (Å²) in [6, 6.07) is 4.76. The van der Waals surface area contributed by atoms with Gasteiger partial charge in [0.15, 0.2) is 0 Å². The Morgan fingerprint density at radius 3 is 2.72 bits per heavy atom. The van der Waals surface area contributed by atoms with Crippen LogP contribution in [-0.2, 0) is 9.59 Å². The van der Waals surface area contributed by atoms with Crippen LogP contribution >= 0.6 is 23.2 Å². The summed E-state index contributed by atoms with van der Waals surface area (Å²) in [6.07, 6.45) is 3.21. The van der Waals surface area contributed by atoms with Crippen LogP contribution in [0.25, 0.3) is 0 Å².